The van der Waals surface area contributed by atoms with E-state index in [1.165, 1.54) is 0 Å². The van der Waals surface area contributed by atoms with Gasteiger partial charge < -0.3 is 0 Å². The highest BCUT2D eigenvalue weighted by molar-refractivity contribution is 5.75. The van der Waals surface area contributed by atoms with E-state index >= 15 is 0 Å². The lowest BCUT2D eigenvalue weighted by Gasteiger charge is -2.02. The van der Waals surface area contributed by atoms with E-state index in [0.717, 1.165) is 16.7 Å². The molecule has 0 fully saturated rings. The Hall–Kier alpha value is -2.84. The van der Waals surface area contributed by atoms with Crippen molar-refractivity contribution in [2.24, 2.45) is 0 Å². The van der Waals surface area contributed by atoms with Crippen LogP contribution < -0.4 is 0 Å². The van der Waals surface area contributed by atoms with Gasteiger partial charge in [0.05, 0.1) is 5.56 Å². The number of hydrogen-bond donors (Lipinski definition) is 0. The molecule has 2 nitrogen and oxygen atoms in total. The van der Waals surface area contributed by atoms with Gasteiger partial charge in [0, 0.05) is 5.56 Å². The van der Waals surface area contributed by atoms with Crippen LogP contribution in [0.2, 0.25) is 0 Å². The Kier molecular flexibility index (Phi) is 4.32. The average molecular weight is 260 g/mol. The van der Waals surface area contributed by atoms with Crippen LogP contribution in [-0.4, -0.2) is 0 Å². The molecule has 2 rings (SSSR count). The van der Waals surface area contributed by atoms with Gasteiger partial charge in [-0.15, -0.1) is 0 Å². The smallest absolute Gasteiger partial charge is 0.0732 e. The second kappa shape index (κ2) is 6.36. The molecule has 2 aromatic rings. The summed E-state index contributed by atoms with van der Waals surface area (Å²) in [6.07, 6.45) is 0. The molecule has 0 heterocycles. The third-order valence-electron chi connectivity index (χ3n) is 3.22. The summed E-state index contributed by atoms with van der Waals surface area (Å²) in [6, 6.07) is 19.4. The summed E-state index contributed by atoms with van der Waals surface area (Å²) < 4.78 is 0. The SMILES string of the molecule is C#[N+]C(=C(C)C([N+]#C)c1ccccc1)c1ccccc1. The Balaban J connectivity index is 2.51. The Morgan fingerprint density at radius 2 is 1.45 bits per heavy atom. The summed E-state index contributed by atoms with van der Waals surface area (Å²) in [7, 11) is 0. The summed E-state index contributed by atoms with van der Waals surface area (Å²) in [5.74, 6) is 0. The van der Waals surface area contributed by atoms with Gasteiger partial charge in [-0.1, -0.05) is 53.4 Å². The fourth-order valence-corrected chi connectivity index (χ4v) is 2.21. The molecule has 0 aliphatic carbocycles. The number of hydrogen-bond acceptors (Lipinski definition) is 0. The molecule has 96 valence electrons. The van der Waals surface area contributed by atoms with Crippen molar-refractivity contribution >= 4 is 5.70 Å². The third-order valence-corrected chi connectivity index (χ3v) is 3.22. The molecule has 1 unspecified atom stereocenters. The molecule has 0 saturated heterocycles. The van der Waals surface area contributed by atoms with Gasteiger partial charge in [-0.2, -0.15) is 0 Å². The first-order chi connectivity index (χ1) is 9.77. The largest absolute Gasteiger partial charge is 0.354 e. The Morgan fingerprint density at radius 1 is 0.900 bits per heavy atom. The van der Waals surface area contributed by atoms with Crippen molar-refractivity contribution in [2.45, 2.75) is 13.0 Å². The van der Waals surface area contributed by atoms with Gasteiger partial charge in [0.15, 0.2) is 0 Å². The molecule has 0 N–H and O–H groups in total. The lowest BCUT2D eigenvalue weighted by Crippen LogP contribution is -1.97. The summed E-state index contributed by atoms with van der Waals surface area (Å²) in [5, 5.41) is 0. The van der Waals surface area contributed by atoms with E-state index in [4.69, 9.17) is 13.1 Å². The first-order valence-electron chi connectivity index (χ1n) is 6.40. The maximum absolute atomic E-state index is 5.58. The van der Waals surface area contributed by atoms with E-state index in [2.05, 4.69) is 9.69 Å². The van der Waals surface area contributed by atoms with Crippen molar-refractivity contribution in [1.29, 1.82) is 0 Å². The zero-order valence-electron chi connectivity index (χ0n) is 11.4. The second-order valence-electron chi connectivity index (χ2n) is 4.49. The maximum atomic E-state index is 5.58. The van der Waals surface area contributed by atoms with Crippen LogP contribution in [0.25, 0.3) is 15.4 Å². The minimum Gasteiger partial charge on any atom is -0.0732 e. The van der Waals surface area contributed by atoms with Crippen LogP contribution in [0, 0.1) is 13.1 Å². The average Bonchev–Trinajstić information content (AvgIpc) is 2.51. The quantitative estimate of drug-likeness (QED) is 0.727. The number of rotatable bonds is 3. The molecule has 2 heteroatoms. The number of nitrogens with zero attached hydrogens (tertiary/aromatic N) is 2. The van der Waals surface area contributed by atoms with Crippen LogP contribution >= 0.6 is 0 Å². The van der Waals surface area contributed by atoms with Crippen LogP contribution in [-0.2, 0) is 0 Å². The zero-order valence-corrected chi connectivity index (χ0v) is 11.4. The van der Waals surface area contributed by atoms with Gasteiger partial charge in [0.1, 0.15) is 5.57 Å². The predicted octanol–water partition coefficient (Wildman–Crippen LogP) is 5.08. The minimum atomic E-state index is -0.251. The van der Waals surface area contributed by atoms with Crippen molar-refractivity contribution in [1.82, 2.24) is 0 Å². The molecule has 0 radical (unpaired) electrons. The van der Waals surface area contributed by atoms with Gasteiger partial charge in [-0.25, -0.2) is 0 Å². The topological polar surface area (TPSA) is 8.72 Å². The molecule has 20 heavy (non-hydrogen) atoms. The lowest BCUT2D eigenvalue weighted by atomic mass is 9.96. The summed E-state index contributed by atoms with van der Waals surface area (Å²) >= 11 is 0. The van der Waals surface area contributed by atoms with Gasteiger partial charge >= 0.3 is 11.7 Å². The molecule has 0 amide bonds. The van der Waals surface area contributed by atoms with Crippen LogP contribution in [0.3, 0.4) is 0 Å². The van der Waals surface area contributed by atoms with Gasteiger partial charge in [-0.05, 0) is 23.9 Å². The highest BCUT2D eigenvalue weighted by Crippen LogP contribution is 2.32. The molecule has 0 saturated carbocycles. The normalized spacial score (nSPS) is 12.8. The van der Waals surface area contributed by atoms with Crippen molar-refractivity contribution in [3.63, 3.8) is 0 Å². The van der Waals surface area contributed by atoms with Crippen molar-refractivity contribution < 1.29 is 0 Å². The highest BCUT2D eigenvalue weighted by atomic mass is 14.7. The molecular weight excluding hydrogens is 244 g/mol. The van der Waals surface area contributed by atoms with Crippen LogP contribution in [0.15, 0.2) is 66.2 Å². The third kappa shape index (κ3) is 2.76. The Morgan fingerprint density at radius 3 is 1.95 bits per heavy atom. The van der Waals surface area contributed by atoms with E-state index < -0.39 is 0 Å². The fourth-order valence-electron chi connectivity index (χ4n) is 2.21. The molecule has 0 spiro atoms. The van der Waals surface area contributed by atoms with Gasteiger partial charge in [0.25, 0.3) is 13.1 Å². The molecular formula is C18H16N2+2. The first kappa shape index (κ1) is 13.6. The Bertz CT molecular complexity index is 686. The van der Waals surface area contributed by atoms with Crippen molar-refractivity contribution in [2.75, 3.05) is 0 Å². The monoisotopic (exact) mass is 260 g/mol. The highest BCUT2D eigenvalue weighted by Gasteiger charge is 2.30. The minimum absolute atomic E-state index is 0.251. The van der Waals surface area contributed by atoms with E-state index in [-0.39, 0.29) is 6.04 Å². The summed E-state index contributed by atoms with van der Waals surface area (Å²) in [4.78, 5) is 7.90. The van der Waals surface area contributed by atoms with Gasteiger partial charge in [0.2, 0.25) is 0 Å². The lowest BCUT2D eigenvalue weighted by molar-refractivity contribution is 0.991. The second-order valence-corrected chi connectivity index (χ2v) is 4.49. The molecule has 0 bridgehead atoms. The fraction of sp³-hybridized carbons (Fsp3) is 0.111. The summed E-state index contributed by atoms with van der Waals surface area (Å²) in [5.41, 5.74) is 3.61. The van der Waals surface area contributed by atoms with Crippen LogP contribution in [0.5, 0.6) is 0 Å². The van der Waals surface area contributed by atoms with E-state index in [1.807, 2.05) is 67.6 Å². The molecule has 0 aliphatic rings. The molecule has 1 atom stereocenters. The van der Waals surface area contributed by atoms with E-state index in [9.17, 15) is 0 Å². The maximum Gasteiger partial charge on any atom is 0.354 e. The first-order valence-corrected chi connectivity index (χ1v) is 6.40. The van der Waals surface area contributed by atoms with Crippen LogP contribution in [0.4, 0.5) is 0 Å². The molecule has 0 aromatic heterocycles. The Labute approximate surface area is 119 Å². The standard InChI is InChI=1S/C18H16N2/c1-14(17(19-2)15-10-6-4-7-11-15)18(20-3)16-12-8-5-9-13-16/h2-13,17H,1H3/q+2. The van der Waals surface area contributed by atoms with Gasteiger partial charge in [-0.3, -0.25) is 0 Å². The molecule has 2 aromatic carbocycles. The van der Waals surface area contributed by atoms with Crippen molar-refractivity contribution in [3.8, 4) is 13.1 Å². The summed E-state index contributed by atoms with van der Waals surface area (Å²) in [6.45, 7) is 13.1. The van der Waals surface area contributed by atoms with Crippen LogP contribution in [0.1, 0.15) is 24.1 Å². The number of benzene rings is 2. The van der Waals surface area contributed by atoms with Crippen molar-refractivity contribution in [3.05, 3.63) is 87.1 Å². The zero-order chi connectivity index (χ0) is 14.4. The van der Waals surface area contributed by atoms with E-state index in [1.54, 1.807) is 0 Å². The van der Waals surface area contributed by atoms with E-state index in [0.29, 0.717) is 5.70 Å². The predicted molar refractivity (Wildman–Crippen MR) is 84.8 cm³/mol. The molecule has 0 aliphatic heterocycles.